The van der Waals surface area contributed by atoms with Crippen molar-refractivity contribution < 1.29 is 60.8 Å². The molecular formula is C16H24Fe2O5. The van der Waals surface area contributed by atoms with Crippen LogP contribution < -0.4 is 0 Å². The molecule has 2 fully saturated rings. The first kappa shape index (κ1) is 34.3. The zero-order chi connectivity index (χ0) is 13.5. The maximum atomic E-state index is 9.44. The quantitative estimate of drug-likeness (QED) is 0.471. The Labute approximate surface area is 160 Å². The Bertz CT molecular complexity index is 303. The zero-order valence-electron chi connectivity index (χ0n) is 13.1. The molecule has 0 atom stereocenters. The van der Waals surface area contributed by atoms with Gasteiger partial charge in [-0.05, 0) is 51.4 Å². The van der Waals surface area contributed by atoms with Crippen molar-refractivity contribution >= 4 is 0 Å². The predicted octanol–water partition coefficient (Wildman–Crippen LogP) is 2.27. The standard InChI is InChI=1S/2C8H12O.2Fe.3O/c2*1-2-8(9)6-4-3-5-7-8;;;;;/h2*1,9H,3-7H2;;;;;/q;;2*+3;3*-2. The second kappa shape index (κ2) is 16.8. The van der Waals surface area contributed by atoms with Gasteiger partial charge in [0.25, 0.3) is 0 Å². The first-order valence-corrected chi connectivity index (χ1v) is 6.94. The molecule has 2 aliphatic carbocycles. The summed E-state index contributed by atoms with van der Waals surface area (Å²) in [6, 6.07) is 0. The molecule has 0 spiro atoms. The Morgan fingerprint density at radius 3 is 0.913 bits per heavy atom. The summed E-state index contributed by atoms with van der Waals surface area (Å²) < 4.78 is 0. The van der Waals surface area contributed by atoms with Gasteiger partial charge in [-0.3, -0.25) is 0 Å². The Morgan fingerprint density at radius 2 is 0.783 bits per heavy atom. The van der Waals surface area contributed by atoms with Crippen LogP contribution in [0.1, 0.15) is 64.2 Å². The van der Waals surface area contributed by atoms with Crippen LogP contribution in [0.3, 0.4) is 0 Å². The molecule has 23 heavy (non-hydrogen) atoms. The molecule has 0 amide bonds. The molecule has 2 saturated carbocycles. The van der Waals surface area contributed by atoms with E-state index in [1.54, 1.807) is 0 Å². The molecule has 0 aromatic carbocycles. The maximum absolute atomic E-state index is 9.44. The molecular weight excluding hydrogens is 384 g/mol. The number of hydrogen-bond donors (Lipinski definition) is 2. The molecule has 0 bridgehead atoms. The Morgan fingerprint density at radius 1 is 0.565 bits per heavy atom. The molecule has 0 aromatic rings. The van der Waals surface area contributed by atoms with E-state index in [1.807, 2.05) is 0 Å². The Hall–Kier alpha value is -0.0410. The second-order valence-electron chi connectivity index (χ2n) is 5.47. The molecule has 5 nitrogen and oxygen atoms in total. The van der Waals surface area contributed by atoms with Crippen LogP contribution in [0.5, 0.6) is 0 Å². The molecule has 0 heterocycles. The summed E-state index contributed by atoms with van der Waals surface area (Å²) in [5.74, 6) is 4.87. The van der Waals surface area contributed by atoms with Gasteiger partial charge in [-0.2, -0.15) is 0 Å². The molecule has 134 valence electrons. The molecule has 2 rings (SSSR count). The molecule has 0 aliphatic heterocycles. The molecule has 0 aromatic heterocycles. The summed E-state index contributed by atoms with van der Waals surface area (Å²) in [6.45, 7) is 0. The fourth-order valence-electron chi connectivity index (χ4n) is 2.56. The van der Waals surface area contributed by atoms with E-state index < -0.39 is 11.2 Å². The van der Waals surface area contributed by atoms with Crippen LogP contribution in [-0.2, 0) is 50.6 Å². The van der Waals surface area contributed by atoms with E-state index in [0.717, 1.165) is 51.4 Å². The van der Waals surface area contributed by atoms with Crippen molar-refractivity contribution in [3.05, 3.63) is 0 Å². The van der Waals surface area contributed by atoms with Crippen LogP contribution in [0.4, 0.5) is 0 Å². The van der Waals surface area contributed by atoms with Crippen molar-refractivity contribution in [3.8, 4) is 24.7 Å². The topological polar surface area (TPSA) is 126 Å². The molecule has 2 aliphatic rings. The number of hydrogen-bond acceptors (Lipinski definition) is 2. The van der Waals surface area contributed by atoms with Gasteiger partial charge in [-0.1, -0.05) is 24.7 Å². The molecule has 2 N–H and O–H groups in total. The summed E-state index contributed by atoms with van der Waals surface area (Å²) in [5.41, 5.74) is -1.50. The van der Waals surface area contributed by atoms with Crippen LogP contribution >= 0.6 is 0 Å². The summed E-state index contributed by atoms with van der Waals surface area (Å²) in [7, 11) is 0. The number of aliphatic hydroxyl groups is 2. The average molecular weight is 408 g/mol. The van der Waals surface area contributed by atoms with Crippen LogP contribution in [0, 0.1) is 24.7 Å². The Balaban J connectivity index is -0.0000000771. The minimum Gasteiger partial charge on any atom is -2.00 e. The van der Waals surface area contributed by atoms with Gasteiger partial charge in [0, 0.05) is 0 Å². The molecule has 2 radical (unpaired) electrons. The van der Waals surface area contributed by atoms with Crippen molar-refractivity contribution in [1.29, 1.82) is 0 Å². The van der Waals surface area contributed by atoms with Crippen molar-refractivity contribution in [2.45, 2.75) is 75.4 Å². The minimum absolute atomic E-state index is 0. The van der Waals surface area contributed by atoms with Gasteiger partial charge < -0.3 is 26.6 Å². The first-order valence-electron chi connectivity index (χ1n) is 6.94. The Kier molecular flexibility index (Phi) is 25.1. The monoisotopic (exact) mass is 408 g/mol. The first-order chi connectivity index (χ1) is 8.54. The minimum atomic E-state index is -0.752. The zero-order valence-corrected chi connectivity index (χ0v) is 15.3. The van der Waals surface area contributed by atoms with E-state index >= 15 is 0 Å². The fraction of sp³-hybridized carbons (Fsp3) is 0.750. The van der Waals surface area contributed by atoms with Gasteiger partial charge >= 0.3 is 34.1 Å². The SMILES string of the molecule is C#CC1(O)CCCCC1.C#CC1(O)CCCCC1.[Fe+3].[Fe+3].[O-2].[O-2].[O-2]. The number of terminal acetylenes is 2. The van der Waals surface area contributed by atoms with Crippen LogP contribution in [0.2, 0.25) is 0 Å². The molecule has 7 heteroatoms. The van der Waals surface area contributed by atoms with Gasteiger partial charge in [0.05, 0.1) is 0 Å². The van der Waals surface area contributed by atoms with Gasteiger partial charge in [-0.15, -0.1) is 12.8 Å². The second-order valence-corrected chi connectivity index (χ2v) is 5.47. The van der Waals surface area contributed by atoms with E-state index in [-0.39, 0.29) is 50.6 Å². The fourth-order valence-corrected chi connectivity index (χ4v) is 2.56. The van der Waals surface area contributed by atoms with E-state index in [0.29, 0.717) is 0 Å². The van der Waals surface area contributed by atoms with E-state index in [1.165, 1.54) is 12.8 Å². The third-order valence-electron chi connectivity index (χ3n) is 3.90. The maximum Gasteiger partial charge on any atom is 3.00 e. The third kappa shape index (κ3) is 13.0. The summed E-state index contributed by atoms with van der Waals surface area (Å²) in [4.78, 5) is 0. The van der Waals surface area contributed by atoms with Gasteiger partial charge in [-0.25, -0.2) is 0 Å². The van der Waals surface area contributed by atoms with Gasteiger partial charge in [0.2, 0.25) is 0 Å². The van der Waals surface area contributed by atoms with Crippen molar-refractivity contribution in [2.24, 2.45) is 0 Å². The third-order valence-corrected chi connectivity index (χ3v) is 3.90. The summed E-state index contributed by atoms with van der Waals surface area (Å²) in [6.07, 6.45) is 20.2. The summed E-state index contributed by atoms with van der Waals surface area (Å²) in [5, 5.41) is 18.9. The normalized spacial score (nSPS) is 19.5. The van der Waals surface area contributed by atoms with E-state index in [4.69, 9.17) is 12.8 Å². The number of rotatable bonds is 0. The van der Waals surface area contributed by atoms with Gasteiger partial charge in [0.15, 0.2) is 0 Å². The van der Waals surface area contributed by atoms with E-state index in [9.17, 15) is 10.2 Å². The van der Waals surface area contributed by atoms with Crippen molar-refractivity contribution in [2.75, 3.05) is 0 Å². The smallest absolute Gasteiger partial charge is 2.00 e. The van der Waals surface area contributed by atoms with E-state index in [2.05, 4.69) is 11.8 Å². The van der Waals surface area contributed by atoms with Crippen LogP contribution in [0.25, 0.3) is 0 Å². The molecule has 0 unspecified atom stereocenters. The summed E-state index contributed by atoms with van der Waals surface area (Å²) >= 11 is 0. The van der Waals surface area contributed by atoms with Crippen LogP contribution in [0.15, 0.2) is 0 Å². The molecule has 0 saturated heterocycles. The van der Waals surface area contributed by atoms with Crippen molar-refractivity contribution in [1.82, 2.24) is 0 Å². The van der Waals surface area contributed by atoms with Crippen molar-refractivity contribution in [3.63, 3.8) is 0 Å². The average Bonchev–Trinajstić information content (AvgIpc) is 2.41. The largest absolute Gasteiger partial charge is 3.00 e. The van der Waals surface area contributed by atoms with Gasteiger partial charge in [0.1, 0.15) is 11.2 Å². The predicted molar refractivity (Wildman–Crippen MR) is 75.8 cm³/mol. The van der Waals surface area contributed by atoms with Crippen LogP contribution in [-0.4, -0.2) is 21.4 Å².